The third-order valence-corrected chi connectivity index (χ3v) is 10.5. The van der Waals surface area contributed by atoms with Gasteiger partial charge in [-0.25, -0.2) is 9.97 Å². The van der Waals surface area contributed by atoms with Gasteiger partial charge in [-0.3, -0.25) is 4.79 Å². The summed E-state index contributed by atoms with van der Waals surface area (Å²) in [5.74, 6) is 0.283. The monoisotopic (exact) mass is 832 g/mol. The normalized spacial score (nSPS) is 10.7. The Balaban J connectivity index is 0.000000175. The summed E-state index contributed by atoms with van der Waals surface area (Å²) in [4.78, 5) is 26.9. The maximum absolute atomic E-state index is 12.3. The summed E-state index contributed by atoms with van der Waals surface area (Å²) in [5, 5.41) is 0. The fourth-order valence-electron chi connectivity index (χ4n) is 7.32. The van der Waals surface area contributed by atoms with Gasteiger partial charge < -0.3 is 20.4 Å². The highest BCUT2D eigenvalue weighted by molar-refractivity contribution is 6.04. The van der Waals surface area contributed by atoms with Gasteiger partial charge in [0.05, 0.1) is 5.69 Å². The molecule has 0 saturated carbocycles. The minimum atomic E-state index is 0.00182. The summed E-state index contributed by atoms with van der Waals surface area (Å²) in [6.45, 7) is 0. The molecule has 9 rings (SSSR count). The second kappa shape index (κ2) is 20.3. The molecule has 0 atom stereocenters. The molecule has 64 heavy (non-hydrogen) atoms. The van der Waals surface area contributed by atoms with Crippen LogP contribution in [0.2, 0.25) is 0 Å². The average molecular weight is 833 g/mol. The number of hydrogen-bond acceptors (Lipinski definition) is 7. The van der Waals surface area contributed by atoms with E-state index in [1.54, 1.807) is 18.5 Å². The van der Waals surface area contributed by atoms with E-state index < -0.39 is 0 Å². The van der Waals surface area contributed by atoms with Crippen LogP contribution in [-0.4, -0.2) is 34.7 Å². The lowest BCUT2D eigenvalue weighted by molar-refractivity contribution is 0.104. The molecule has 1 heterocycles. The lowest BCUT2D eigenvalue weighted by Gasteiger charge is -2.25. The number of rotatable bonds is 12. The Bertz CT molecular complexity index is 2810. The molecular weight excluding hydrogens is 785 g/mol. The number of nitrogens with two attached hydrogens (primary N) is 1. The molecule has 0 radical (unpaired) electrons. The molecule has 1 aromatic heterocycles. The van der Waals surface area contributed by atoms with Gasteiger partial charge in [0, 0.05) is 77.8 Å². The standard InChI is InChI=1S/C29H26N2O.C28H22N4/c1-30(2)22-21-29(32)25-15-13-23(14-16-25)24-17-19-28(20-18-24)31(26-9-5-3-6-10-26)27-11-7-4-8-12-27;29-28-30-20-19-27(31-28)23-13-11-21(12-14-23)22-15-17-26(18-16-22)32(24-7-3-1-4-8-24)25-9-5-2-6-10-25/h3-22H,1-2H3;1-20H,(H2,29,30,31)/b22-21+;. The molecule has 0 bridgehead atoms. The van der Waals surface area contributed by atoms with Crippen LogP contribution in [0.25, 0.3) is 33.5 Å². The Morgan fingerprint density at radius 1 is 0.422 bits per heavy atom. The van der Waals surface area contributed by atoms with E-state index in [9.17, 15) is 4.79 Å². The number of hydrogen-bond donors (Lipinski definition) is 1. The Hall–Kier alpha value is -8.55. The Morgan fingerprint density at radius 2 is 0.750 bits per heavy atom. The summed E-state index contributed by atoms with van der Waals surface area (Å²) in [7, 11) is 3.79. The molecular formula is C57H48N6O. The van der Waals surface area contributed by atoms with Crippen molar-refractivity contribution in [1.82, 2.24) is 14.9 Å². The van der Waals surface area contributed by atoms with Crippen LogP contribution in [0.5, 0.6) is 0 Å². The van der Waals surface area contributed by atoms with Gasteiger partial charge in [0.15, 0.2) is 5.78 Å². The van der Waals surface area contributed by atoms with Gasteiger partial charge in [0.2, 0.25) is 5.95 Å². The maximum atomic E-state index is 12.3. The molecule has 0 aliphatic heterocycles. The Kier molecular flexibility index (Phi) is 13.4. The summed E-state index contributed by atoms with van der Waals surface area (Å²) < 4.78 is 0. The van der Waals surface area contributed by atoms with E-state index >= 15 is 0 Å². The predicted molar refractivity (Wildman–Crippen MR) is 266 cm³/mol. The van der Waals surface area contributed by atoms with Crippen LogP contribution in [0.4, 0.5) is 40.1 Å². The van der Waals surface area contributed by atoms with Gasteiger partial charge in [-0.2, -0.15) is 0 Å². The number of anilines is 7. The number of nitrogens with zero attached hydrogens (tertiary/aromatic N) is 5. The smallest absolute Gasteiger partial charge is 0.220 e. The Labute approximate surface area is 375 Å². The molecule has 7 heteroatoms. The number of carbonyl (C=O) groups excluding carboxylic acids is 1. The van der Waals surface area contributed by atoms with E-state index in [1.165, 1.54) is 0 Å². The molecule has 0 fully saturated rings. The van der Waals surface area contributed by atoms with Crippen LogP contribution in [0.15, 0.2) is 243 Å². The molecule has 312 valence electrons. The summed E-state index contributed by atoms with van der Waals surface area (Å²) >= 11 is 0. The molecule has 0 aliphatic carbocycles. The van der Waals surface area contributed by atoms with E-state index in [4.69, 9.17) is 5.73 Å². The summed E-state index contributed by atoms with van der Waals surface area (Å²) in [6.07, 6.45) is 5.03. The third-order valence-electron chi connectivity index (χ3n) is 10.5. The number of carbonyl (C=O) groups is 1. The van der Waals surface area contributed by atoms with E-state index in [1.807, 2.05) is 73.6 Å². The van der Waals surface area contributed by atoms with Crippen LogP contribution in [0.3, 0.4) is 0 Å². The van der Waals surface area contributed by atoms with Crippen LogP contribution < -0.4 is 15.5 Å². The fraction of sp³-hybridized carbons (Fsp3) is 0.0351. The second-order valence-electron chi connectivity index (χ2n) is 15.2. The zero-order valence-corrected chi connectivity index (χ0v) is 35.8. The molecule has 0 saturated heterocycles. The highest BCUT2D eigenvalue weighted by atomic mass is 16.1. The molecule has 9 aromatic rings. The number of nitrogen functional groups attached to an aromatic ring is 1. The first-order valence-electron chi connectivity index (χ1n) is 21.1. The van der Waals surface area contributed by atoms with Crippen molar-refractivity contribution in [2.75, 3.05) is 29.6 Å². The van der Waals surface area contributed by atoms with Crippen LogP contribution >= 0.6 is 0 Å². The number of aromatic nitrogens is 2. The number of ketones is 1. The SMILES string of the molecule is CN(C)/C=C/C(=O)c1ccc(-c2ccc(N(c3ccccc3)c3ccccc3)cc2)cc1.Nc1nccc(-c2ccc(-c3ccc(N(c4ccccc4)c4ccccc4)cc3)cc2)n1. The predicted octanol–water partition coefficient (Wildman–Crippen LogP) is 13.9. The van der Waals surface area contributed by atoms with E-state index in [-0.39, 0.29) is 11.7 Å². The first-order valence-corrected chi connectivity index (χ1v) is 21.1. The molecule has 7 nitrogen and oxygen atoms in total. The molecule has 0 spiro atoms. The lowest BCUT2D eigenvalue weighted by atomic mass is 10.0. The highest BCUT2D eigenvalue weighted by Crippen LogP contribution is 2.37. The first kappa shape index (κ1) is 42.2. The van der Waals surface area contributed by atoms with Crippen molar-refractivity contribution in [3.05, 3.63) is 248 Å². The fourth-order valence-corrected chi connectivity index (χ4v) is 7.32. The van der Waals surface area contributed by atoms with E-state index in [0.29, 0.717) is 5.56 Å². The van der Waals surface area contributed by atoms with Crippen LogP contribution in [0, 0.1) is 0 Å². The highest BCUT2D eigenvalue weighted by Gasteiger charge is 2.14. The van der Waals surface area contributed by atoms with Crippen LogP contribution in [0.1, 0.15) is 10.4 Å². The number of benzene rings is 8. The summed E-state index contributed by atoms with van der Waals surface area (Å²) in [5.41, 5.74) is 19.4. The zero-order chi connectivity index (χ0) is 44.1. The van der Waals surface area contributed by atoms with E-state index in [2.05, 4.69) is 190 Å². The first-order chi connectivity index (χ1) is 31.4. The van der Waals surface area contributed by atoms with Crippen molar-refractivity contribution in [2.24, 2.45) is 0 Å². The molecule has 0 unspecified atom stereocenters. The minimum absolute atomic E-state index is 0.00182. The number of allylic oxidation sites excluding steroid dienone is 1. The van der Waals surface area contributed by atoms with Gasteiger partial charge in [-0.15, -0.1) is 0 Å². The van der Waals surface area contributed by atoms with E-state index in [0.717, 1.165) is 67.6 Å². The van der Waals surface area contributed by atoms with Crippen molar-refractivity contribution in [3.63, 3.8) is 0 Å². The summed E-state index contributed by atoms with van der Waals surface area (Å²) in [6, 6.07) is 76.6. The quantitative estimate of drug-likeness (QED) is 0.0970. The van der Waals surface area contributed by atoms with Crippen molar-refractivity contribution in [2.45, 2.75) is 0 Å². The average Bonchev–Trinajstić information content (AvgIpc) is 3.35. The minimum Gasteiger partial charge on any atom is -0.383 e. The van der Waals surface area contributed by atoms with Crippen molar-refractivity contribution < 1.29 is 4.79 Å². The Morgan fingerprint density at radius 3 is 1.11 bits per heavy atom. The van der Waals surface area contributed by atoms with Gasteiger partial charge in [-0.05, 0) is 101 Å². The van der Waals surface area contributed by atoms with Crippen molar-refractivity contribution in [1.29, 1.82) is 0 Å². The third kappa shape index (κ3) is 10.5. The largest absolute Gasteiger partial charge is 0.383 e. The van der Waals surface area contributed by atoms with Gasteiger partial charge in [0.25, 0.3) is 0 Å². The molecule has 0 amide bonds. The lowest BCUT2D eigenvalue weighted by Crippen LogP contribution is -2.09. The maximum Gasteiger partial charge on any atom is 0.220 e. The number of para-hydroxylation sites is 4. The second-order valence-corrected chi connectivity index (χ2v) is 15.2. The zero-order valence-electron chi connectivity index (χ0n) is 35.8. The van der Waals surface area contributed by atoms with Crippen molar-refractivity contribution >= 4 is 45.9 Å². The molecule has 2 N–H and O–H groups in total. The van der Waals surface area contributed by atoms with Crippen molar-refractivity contribution in [3.8, 4) is 33.5 Å². The molecule has 0 aliphatic rings. The van der Waals surface area contributed by atoms with Crippen LogP contribution in [-0.2, 0) is 0 Å². The van der Waals surface area contributed by atoms with Gasteiger partial charge in [0.1, 0.15) is 0 Å². The van der Waals surface area contributed by atoms with Gasteiger partial charge in [-0.1, -0.05) is 146 Å². The van der Waals surface area contributed by atoms with Gasteiger partial charge >= 0.3 is 0 Å². The molecule has 8 aromatic carbocycles. The topological polar surface area (TPSA) is 78.6 Å².